The first kappa shape index (κ1) is 22.2. The molecule has 1 atom stereocenters. The number of likely N-dealkylation sites (N-methyl/N-ethyl adjacent to an activating group) is 1. The zero-order chi connectivity index (χ0) is 20.7. The Kier molecular flexibility index (Phi) is 8.26. The molecule has 0 bridgehead atoms. The van der Waals surface area contributed by atoms with Crippen molar-refractivity contribution in [3.63, 3.8) is 0 Å². The molecule has 0 aliphatic carbocycles. The fraction of sp³-hybridized carbons (Fsp3) is 0.300. The molecule has 0 radical (unpaired) electrons. The summed E-state index contributed by atoms with van der Waals surface area (Å²) in [4.78, 5) is 26.2. The van der Waals surface area contributed by atoms with Gasteiger partial charge in [-0.05, 0) is 36.8 Å². The van der Waals surface area contributed by atoms with E-state index in [4.69, 9.17) is 11.6 Å². The first-order chi connectivity index (χ1) is 13.3. The summed E-state index contributed by atoms with van der Waals surface area (Å²) >= 11 is 7.22. The van der Waals surface area contributed by atoms with Crippen LogP contribution in [0.2, 0.25) is 5.02 Å². The average molecular weight is 427 g/mol. The Morgan fingerprint density at radius 1 is 1.18 bits per heavy atom. The Morgan fingerprint density at radius 3 is 2.46 bits per heavy atom. The Balaban J connectivity index is 2.07. The number of carbonyl (C=O) groups is 2. The van der Waals surface area contributed by atoms with Crippen molar-refractivity contribution < 1.29 is 18.4 Å². The third-order valence-electron chi connectivity index (χ3n) is 4.21. The summed E-state index contributed by atoms with van der Waals surface area (Å²) < 4.78 is 27.0. The van der Waals surface area contributed by atoms with Gasteiger partial charge in [0.2, 0.25) is 11.8 Å². The fourth-order valence-electron chi connectivity index (χ4n) is 2.57. The SMILES string of the molecule is CNC(=O)C(C)N(Cc1ccc(F)cc1)C(=O)CSCc1c(F)cccc1Cl. The van der Waals surface area contributed by atoms with Crippen LogP contribution in [-0.2, 0) is 21.9 Å². The Labute approximate surface area is 172 Å². The second-order valence-electron chi connectivity index (χ2n) is 6.13. The van der Waals surface area contributed by atoms with E-state index in [0.29, 0.717) is 16.1 Å². The average Bonchev–Trinajstić information content (AvgIpc) is 2.68. The monoisotopic (exact) mass is 426 g/mol. The molecular weight excluding hydrogens is 406 g/mol. The highest BCUT2D eigenvalue weighted by Gasteiger charge is 2.25. The Bertz CT molecular complexity index is 813. The van der Waals surface area contributed by atoms with Crippen LogP contribution in [0, 0.1) is 11.6 Å². The highest BCUT2D eigenvalue weighted by Crippen LogP contribution is 2.24. The van der Waals surface area contributed by atoms with E-state index in [1.54, 1.807) is 25.1 Å². The summed E-state index contributed by atoms with van der Waals surface area (Å²) in [5.74, 6) is -1.11. The summed E-state index contributed by atoms with van der Waals surface area (Å²) in [6.07, 6.45) is 0. The number of carbonyl (C=O) groups excluding carboxylic acids is 2. The topological polar surface area (TPSA) is 49.4 Å². The minimum absolute atomic E-state index is 0.0488. The van der Waals surface area contributed by atoms with Crippen LogP contribution in [0.5, 0.6) is 0 Å². The molecule has 0 aliphatic heterocycles. The van der Waals surface area contributed by atoms with Gasteiger partial charge in [0.25, 0.3) is 0 Å². The maximum atomic E-state index is 13.9. The van der Waals surface area contributed by atoms with Crippen molar-refractivity contribution in [2.75, 3.05) is 12.8 Å². The molecule has 2 aromatic rings. The minimum atomic E-state index is -0.708. The maximum Gasteiger partial charge on any atom is 0.242 e. The molecule has 150 valence electrons. The Morgan fingerprint density at radius 2 is 1.86 bits per heavy atom. The van der Waals surface area contributed by atoms with Gasteiger partial charge in [-0.25, -0.2) is 8.78 Å². The summed E-state index contributed by atoms with van der Waals surface area (Å²) in [6, 6.07) is 9.47. The molecular formula is C20H21ClF2N2O2S. The van der Waals surface area contributed by atoms with Crippen molar-refractivity contribution in [1.82, 2.24) is 10.2 Å². The smallest absolute Gasteiger partial charge is 0.242 e. The summed E-state index contributed by atoms with van der Waals surface area (Å²) in [5, 5.41) is 2.83. The van der Waals surface area contributed by atoms with Crippen LogP contribution in [0.4, 0.5) is 8.78 Å². The normalized spacial score (nSPS) is 11.8. The van der Waals surface area contributed by atoms with Gasteiger partial charge in [0.1, 0.15) is 17.7 Å². The van der Waals surface area contributed by atoms with Crippen molar-refractivity contribution >= 4 is 35.2 Å². The molecule has 0 fully saturated rings. The molecule has 8 heteroatoms. The van der Waals surface area contributed by atoms with Gasteiger partial charge in [0, 0.05) is 29.9 Å². The lowest BCUT2D eigenvalue weighted by Crippen LogP contribution is -2.47. The quantitative estimate of drug-likeness (QED) is 0.693. The molecule has 0 aliphatic rings. The van der Waals surface area contributed by atoms with Gasteiger partial charge >= 0.3 is 0 Å². The van der Waals surface area contributed by atoms with Gasteiger partial charge in [-0.1, -0.05) is 29.8 Å². The third-order valence-corrected chi connectivity index (χ3v) is 5.51. The summed E-state index contributed by atoms with van der Waals surface area (Å²) in [7, 11) is 1.49. The van der Waals surface area contributed by atoms with Gasteiger partial charge in [-0.3, -0.25) is 9.59 Å². The number of amides is 2. The lowest BCUT2D eigenvalue weighted by Gasteiger charge is -2.28. The lowest BCUT2D eigenvalue weighted by molar-refractivity contribution is -0.138. The number of halogens is 3. The molecule has 28 heavy (non-hydrogen) atoms. The van der Waals surface area contributed by atoms with Crippen LogP contribution in [0.15, 0.2) is 42.5 Å². The zero-order valence-electron chi connectivity index (χ0n) is 15.5. The highest BCUT2D eigenvalue weighted by atomic mass is 35.5. The predicted molar refractivity (Wildman–Crippen MR) is 108 cm³/mol. The first-order valence-electron chi connectivity index (χ1n) is 8.59. The van der Waals surface area contributed by atoms with Crippen LogP contribution in [-0.4, -0.2) is 35.6 Å². The third kappa shape index (κ3) is 5.94. The van der Waals surface area contributed by atoms with Crippen LogP contribution < -0.4 is 5.32 Å². The van der Waals surface area contributed by atoms with Crippen molar-refractivity contribution in [3.8, 4) is 0 Å². The molecule has 2 aromatic carbocycles. The number of hydrogen-bond acceptors (Lipinski definition) is 3. The van der Waals surface area contributed by atoms with Crippen LogP contribution in [0.1, 0.15) is 18.1 Å². The minimum Gasteiger partial charge on any atom is -0.357 e. The number of benzene rings is 2. The molecule has 1 N–H and O–H groups in total. The van der Waals surface area contributed by atoms with E-state index in [1.165, 1.54) is 48.0 Å². The predicted octanol–water partition coefficient (Wildman–Crippen LogP) is 4.01. The van der Waals surface area contributed by atoms with Gasteiger partial charge in [0.05, 0.1) is 5.75 Å². The van der Waals surface area contributed by atoms with Gasteiger partial charge in [0.15, 0.2) is 0 Å². The molecule has 0 saturated carbocycles. The van der Waals surface area contributed by atoms with Gasteiger partial charge < -0.3 is 10.2 Å². The van der Waals surface area contributed by atoms with E-state index in [9.17, 15) is 18.4 Å². The van der Waals surface area contributed by atoms with Gasteiger partial charge in [-0.15, -0.1) is 11.8 Å². The van der Waals surface area contributed by atoms with E-state index < -0.39 is 11.9 Å². The highest BCUT2D eigenvalue weighted by molar-refractivity contribution is 7.99. The zero-order valence-corrected chi connectivity index (χ0v) is 17.1. The second-order valence-corrected chi connectivity index (χ2v) is 7.52. The number of hydrogen-bond donors (Lipinski definition) is 1. The maximum absolute atomic E-state index is 13.9. The van der Waals surface area contributed by atoms with Crippen molar-refractivity contribution in [3.05, 3.63) is 70.2 Å². The van der Waals surface area contributed by atoms with Crippen LogP contribution in [0.25, 0.3) is 0 Å². The molecule has 4 nitrogen and oxygen atoms in total. The number of rotatable bonds is 8. The van der Waals surface area contributed by atoms with E-state index in [2.05, 4.69) is 5.32 Å². The lowest BCUT2D eigenvalue weighted by atomic mass is 10.1. The number of nitrogens with one attached hydrogen (secondary N) is 1. The first-order valence-corrected chi connectivity index (χ1v) is 10.1. The van der Waals surface area contributed by atoms with E-state index in [1.807, 2.05) is 0 Å². The van der Waals surface area contributed by atoms with E-state index >= 15 is 0 Å². The van der Waals surface area contributed by atoms with Crippen molar-refractivity contribution in [2.45, 2.75) is 25.3 Å². The molecule has 2 rings (SSSR count). The summed E-state index contributed by atoms with van der Waals surface area (Å²) in [5.41, 5.74) is 1.04. The Hall–Kier alpha value is -2.12. The van der Waals surface area contributed by atoms with E-state index in [0.717, 1.165) is 0 Å². The molecule has 0 aromatic heterocycles. The van der Waals surface area contributed by atoms with Gasteiger partial charge in [-0.2, -0.15) is 0 Å². The molecule has 0 saturated heterocycles. The molecule has 0 heterocycles. The van der Waals surface area contributed by atoms with E-state index in [-0.39, 0.29) is 35.7 Å². The molecule has 0 spiro atoms. The van der Waals surface area contributed by atoms with Crippen LogP contribution in [0.3, 0.4) is 0 Å². The van der Waals surface area contributed by atoms with Crippen molar-refractivity contribution in [2.24, 2.45) is 0 Å². The number of nitrogens with zero attached hydrogens (tertiary/aromatic N) is 1. The standard InChI is InChI=1S/C20H21ClF2N2O2S/c1-13(20(27)24-2)25(10-14-6-8-15(22)9-7-14)19(26)12-28-11-16-17(21)4-3-5-18(16)23/h3-9,13H,10-12H2,1-2H3,(H,24,27). The second kappa shape index (κ2) is 10.4. The largest absolute Gasteiger partial charge is 0.357 e. The summed E-state index contributed by atoms with van der Waals surface area (Å²) in [6.45, 7) is 1.79. The molecule has 1 unspecified atom stereocenters. The number of thioether (sulfide) groups is 1. The molecule has 2 amide bonds. The van der Waals surface area contributed by atoms with Crippen LogP contribution >= 0.6 is 23.4 Å². The fourth-order valence-corrected chi connectivity index (χ4v) is 3.82. The van der Waals surface area contributed by atoms with Crippen molar-refractivity contribution in [1.29, 1.82) is 0 Å².